The van der Waals surface area contributed by atoms with Crippen LogP contribution in [-0.2, 0) is 0 Å². The largest absolute Gasteiger partial charge is 0.340 e. The van der Waals surface area contributed by atoms with Gasteiger partial charge in [-0.15, -0.1) is 0 Å². The van der Waals surface area contributed by atoms with Crippen molar-refractivity contribution in [1.82, 2.24) is 19.6 Å². The molecule has 0 spiro atoms. The van der Waals surface area contributed by atoms with Crippen LogP contribution in [0.5, 0.6) is 0 Å². The van der Waals surface area contributed by atoms with E-state index in [1.54, 1.807) is 6.07 Å². The summed E-state index contributed by atoms with van der Waals surface area (Å²) in [6, 6.07) is 6.27. The Hall–Kier alpha value is -2.21. The van der Waals surface area contributed by atoms with E-state index in [1.807, 2.05) is 13.0 Å². The molecule has 0 aliphatic rings. The summed E-state index contributed by atoms with van der Waals surface area (Å²) in [6.07, 6.45) is 1.38. The van der Waals surface area contributed by atoms with Gasteiger partial charge in [-0.05, 0) is 30.7 Å². The minimum atomic E-state index is -0.308. The fraction of sp³-hybridized carbons (Fsp3) is 0.0833. The summed E-state index contributed by atoms with van der Waals surface area (Å²) in [7, 11) is 0. The van der Waals surface area contributed by atoms with E-state index in [4.69, 9.17) is 11.6 Å². The van der Waals surface area contributed by atoms with Crippen LogP contribution in [0.15, 0.2) is 30.6 Å². The molecule has 3 aromatic rings. The molecule has 2 aromatic heterocycles. The van der Waals surface area contributed by atoms with E-state index < -0.39 is 0 Å². The Morgan fingerprint density at radius 1 is 1.26 bits per heavy atom. The van der Waals surface area contributed by atoms with Crippen molar-refractivity contribution in [3.8, 4) is 0 Å². The Balaban J connectivity index is 2.07. The van der Waals surface area contributed by atoms with Crippen LogP contribution in [0.3, 0.4) is 0 Å². The van der Waals surface area contributed by atoms with Crippen LogP contribution in [0.1, 0.15) is 5.56 Å². The van der Waals surface area contributed by atoms with Crippen LogP contribution in [0.4, 0.5) is 15.9 Å². The maximum Gasteiger partial charge on any atom is 0.255 e. The SMILES string of the molecule is Cc1cc(F)cc(Nc2cc(Cl)nc3ncnn23)c1. The molecule has 5 nitrogen and oxygen atoms in total. The third-order valence-corrected chi connectivity index (χ3v) is 2.73. The summed E-state index contributed by atoms with van der Waals surface area (Å²) in [5.41, 5.74) is 1.43. The molecule has 0 atom stereocenters. The van der Waals surface area contributed by atoms with Crippen LogP contribution in [0.2, 0.25) is 5.15 Å². The summed E-state index contributed by atoms with van der Waals surface area (Å²) in [5, 5.41) is 7.37. The highest BCUT2D eigenvalue weighted by atomic mass is 35.5. The van der Waals surface area contributed by atoms with Crippen molar-refractivity contribution < 1.29 is 4.39 Å². The second-order valence-electron chi connectivity index (χ2n) is 4.08. The number of anilines is 2. The Morgan fingerprint density at radius 3 is 2.89 bits per heavy atom. The molecule has 3 rings (SSSR count). The van der Waals surface area contributed by atoms with E-state index in [2.05, 4.69) is 20.4 Å². The van der Waals surface area contributed by atoms with Crippen LogP contribution in [-0.4, -0.2) is 19.6 Å². The topological polar surface area (TPSA) is 55.1 Å². The van der Waals surface area contributed by atoms with E-state index in [-0.39, 0.29) is 11.0 Å². The summed E-state index contributed by atoms with van der Waals surface area (Å²) in [4.78, 5) is 7.97. The van der Waals surface area contributed by atoms with Crippen LogP contribution < -0.4 is 5.32 Å². The number of aromatic nitrogens is 4. The van der Waals surface area contributed by atoms with E-state index in [1.165, 1.54) is 23.0 Å². The smallest absolute Gasteiger partial charge is 0.255 e. The zero-order valence-corrected chi connectivity index (χ0v) is 10.7. The minimum absolute atomic E-state index is 0.288. The number of fused-ring (bicyclic) bond motifs is 1. The van der Waals surface area contributed by atoms with Gasteiger partial charge in [-0.3, -0.25) is 0 Å². The molecule has 1 N–H and O–H groups in total. The van der Waals surface area contributed by atoms with Crippen molar-refractivity contribution in [3.63, 3.8) is 0 Å². The number of hydrogen-bond acceptors (Lipinski definition) is 4. The van der Waals surface area contributed by atoms with E-state index in [9.17, 15) is 4.39 Å². The van der Waals surface area contributed by atoms with Gasteiger partial charge in [-0.1, -0.05) is 11.6 Å². The molecule has 0 saturated carbocycles. The van der Waals surface area contributed by atoms with Crippen molar-refractivity contribution in [2.45, 2.75) is 6.92 Å². The molecule has 0 saturated heterocycles. The van der Waals surface area contributed by atoms with E-state index in [0.717, 1.165) is 5.56 Å². The number of rotatable bonds is 2. The van der Waals surface area contributed by atoms with Gasteiger partial charge < -0.3 is 5.32 Å². The predicted octanol–water partition coefficient (Wildman–Crippen LogP) is 2.97. The van der Waals surface area contributed by atoms with Crippen LogP contribution in [0, 0.1) is 12.7 Å². The third kappa shape index (κ3) is 2.34. The lowest BCUT2D eigenvalue weighted by atomic mass is 10.2. The molecule has 0 aliphatic heterocycles. The standard InChI is InChI=1S/C12H9ClFN5/c1-7-2-8(14)4-9(3-7)17-11-5-10(13)18-12-15-6-16-19(11)12/h2-6,17H,1H3. The number of hydrogen-bond donors (Lipinski definition) is 1. The van der Waals surface area contributed by atoms with Gasteiger partial charge >= 0.3 is 0 Å². The lowest BCUT2D eigenvalue weighted by Crippen LogP contribution is -2.02. The molecular weight excluding hydrogens is 269 g/mol. The van der Waals surface area contributed by atoms with Gasteiger partial charge in [0.2, 0.25) is 0 Å². The van der Waals surface area contributed by atoms with Gasteiger partial charge in [0.1, 0.15) is 23.1 Å². The highest BCUT2D eigenvalue weighted by molar-refractivity contribution is 6.29. The van der Waals surface area contributed by atoms with Gasteiger partial charge in [0.15, 0.2) is 0 Å². The van der Waals surface area contributed by atoms with E-state index >= 15 is 0 Å². The molecule has 2 heterocycles. The zero-order chi connectivity index (χ0) is 13.4. The van der Waals surface area contributed by atoms with Crippen molar-refractivity contribution >= 4 is 28.9 Å². The highest BCUT2D eigenvalue weighted by Crippen LogP contribution is 2.21. The summed E-state index contributed by atoms with van der Waals surface area (Å²) < 4.78 is 14.8. The molecule has 0 bridgehead atoms. The number of aryl methyl sites for hydroxylation is 1. The molecular formula is C12H9ClFN5. The van der Waals surface area contributed by atoms with Gasteiger partial charge in [0, 0.05) is 11.8 Å². The first-order valence-corrected chi connectivity index (χ1v) is 5.90. The number of halogens is 2. The Morgan fingerprint density at radius 2 is 2.11 bits per heavy atom. The predicted molar refractivity (Wildman–Crippen MR) is 70.2 cm³/mol. The Kier molecular flexibility index (Phi) is 2.79. The van der Waals surface area contributed by atoms with E-state index in [0.29, 0.717) is 17.3 Å². The van der Waals surface area contributed by atoms with Crippen molar-refractivity contribution in [1.29, 1.82) is 0 Å². The van der Waals surface area contributed by atoms with Gasteiger partial charge in [0.05, 0.1) is 0 Å². The second kappa shape index (κ2) is 4.47. The first-order chi connectivity index (χ1) is 9.11. The quantitative estimate of drug-likeness (QED) is 0.732. The first kappa shape index (κ1) is 11.9. The van der Waals surface area contributed by atoms with Crippen molar-refractivity contribution in [2.24, 2.45) is 0 Å². The molecule has 0 amide bonds. The maximum absolute atomic E-state index is 13.4. The maximum atomic E-state index is 13.4. The lowest BCUT2D eigenvalue weighted by Gasteiger charge is -2.09. The third-order valence-electron chi connectivity index (χ3n) is 2.54. The van der Waals surface area contributed by atoms with Crippen LogP contribution in [0.25, 0.3) is 5.78 Å². The fourth-order valence-electron chi connectivity index (χ4n) is 1.83. The molecule has 0 unspecified atom stereocenters. The van der Waals surface area contributed by atoms with Crippen molar-refractivity contribution in [2.75, 3.05) is 5.32 Å². The Bertz CT molecular complexity index is 735. The second-order valence-corrected chi connectivity index (χ2v) is 4.47. The fourth-order valence-corrected chi connectivity index (χ4v) is 2.01. The molecule has 19 heavy (non-hydrogen) atoms. The molecule has 1 aromatic carbocycles. The van der Waals surface area contributed by atoms with Crippen molar-refractivity contribution in [3.05, 3.63) is 47.1 Å². The average Bonchev–Trinajstić information content (AvgIpc) is 2.75. The van der Waals surface area contributed by atoms with Crippen LogP contribution >= 0.6 is 11.6 Å². The zero-order valence-electron chi connectivity index (χ0n) is 9.93. The van der Waals surface area contributed by atoms with Gasteiger partial charge in [-0.25, -0.2) is 4.39 Å². The lowest BCUT2D eigenvalue weighted by molar-refractivity contribution is 0.627. The summed E-state index contributed by atoms with van der Waals surface area (Å²) >= 11 is 5.90. The highest BCUT2D eigenvalue weighted by Gasteiger charge is 2.07. The number of nitrogens with one attached hydrogen (secondary N) is 1. The monoisotopic (exact) mass is 277 g/mol. The summed E-state index contributed by atoms with van der Waals surface area (Å²) in [5.74, 6) is 0.637. The van der Waals surface area contributed by atoms with Gasteiger partial charge in [-0.2, -0.15) is 19.6 Å². The Labute approximate surface area is 113 Å². The molecule has 7 heteroatoms. The molecule has 0 radical (unpaired) electrons. The number of nitrogens with zero attached hydrogens (tertiary/aromatic N) is 4. The number of benzene rings is 1. The molecule has 0 fully saturated rings. The summed E-state index contributed by atoms with van der Waals surface area (Å²) in [6.45, 7) is 1.82. The van der Waals surface area contributed by atoms with Gasteiger partial charge in [0.25, 0.3) is 5.78 Å². The normalized spacial score (nSPS) is 10.9. The molecule has 96 valence electrons. The minimum Gasteiger partial charge on any atom is -0.340 e. The first-order valence-electron chi connectivity index (χ1n) is 5.52. The molecule has 0 aliphatic carbocycles. The average molecular weight is 278 g/mol.